The zero-order chi connectivity index (χ0) is 21.6. The summed E-state index contributed by atoms with van der Waals surface area (Å²) in [6, 6.07) is 11.1. The third-order valence-electron chi connectivity index (χ3n) is 5.74. The zero-order valence-corrected chi connectivity index (χ0v) is 20.0. The van der Waals surface area contributed by atoms with Crippen molar-refractivity contribution in [2.24, 2.45) is 0 Å². The molecule has 160 valence electrons. The van der Waals surface area contributed by atoms with Crippen LogP contribution in [0.15, 0.2) is 45.8 Å². The quantitative estimate of drug-likeness (QED) is 0.626. The maximum atomic E-state index is 13.4. The Bertz CT molecular complexity index is 1100. The Morgan fingerprint density at radius 3 is 2.40 bits per heavy atom. The molecule has 1 atom stereocenters. The fraction of sp³-hybridized carbons (Fsp3) is 0.381. The Morgan fingerprint density at radius 1 is 1.10 bits per heavy atom. The lowest BCUT2D eigenvalue weighted by molar-refractivity contribution is -0.116. The summed E-state index contributed by atoms with van der Waals surface area (Å²) >= 11 is 9.74. The molecule has 9 heteroatoms. The van der Waals surface area contributed by atoms with Crippen molar-refractivity contribution in [1.29, 1.82) is 0 Å². The molecule has 1 saturated heterocycles. The van der Waals surface area contributed by atoms with Crippen LogP contribution in [-0.4, -0.2) is 50.9 Å². The minimum absolute atomic E-state index is 0.0153. The van der Waals surface area contributed by atoms with Crippen molar-refractivity contribution in [3.63, 3.8) is 0 Å². The van der Waals surface area contributed by atoms with Gasteiger partial charge in [-0.2, -0.15) is 4.31 Å². The third kappa shape index (κ3) is 3.75. The van der Waals surface area contributed by atoms with Gasteiger partial charge < -0.3 is 9.80 Å². The average Bonchev–Trinajstić information content (AvgIpc) is 3.02. The Balaban J connectivity index is 1.60. The number of sulfonamides is 1. The summed E-state index contributed by atoms with van der Waals surface area (Å²) in [5.74, 6) is -0.0831. The normalized spacial score (nSPS) is 19.8. The van der Waals surface area contributed by atoms with Crippen LogP contribution in [0.5, 0.6) is 0 Å². The van der Waals surface area contributed by atoms with Crippen LogP contribution >= 0.6 is 27.5 Å². The SMILES string of the molecule is CC(=O)N1c2cc(S(=O)(=O)N3CCN(c4ccccc4Cl)CC3)c(Br)cc2C[C@H]1C. The number of halogens is 2. The Labute approximate surface area is 190 Å². The number of para-hydroxylation sites is 1. The van der Waals surface area contributed by atoms with Gasteiger partial charge in [0.2, 0.25) is 15.9 Å². The van der Waals surface area contributed by atoms with Crippen molar-refractivity contribution in [3.05, 3.63) is 51.5 Å². The van der Waals surface area contributed by atoms with Crippen molar-refractivity contribution in [3.8, 4) is 0 Å². The summed E-state index contributed by atoms with van der Waals surface area (Å²) in [6.45, 7) is 5.32. The first-order valence-electron chi connectivity index (χ1n) is 9.82. The van der Waals surface area contributed by atoms with Gasteiger partial charge in [-0.05, 0) is 59.1 Å². The number of anilines is 2. The van der Waals surface area contributed by atoms with Gasteiger partial charge in [-0.1, -0.05) is 23.7 Å². The lowest BCUT2D eigenvalue weighted by atomic mass is 10.1. The Morgan fingerprint density at radius 2 is 1.77 bits per heavy atom. The molecule has 0 aromatic heterocycles. The molecule has 2 heterocycles. The van der Waals surface area contributed by atoms with Crippen LogP contribution in [0, 0.1) is 0 Å². The van der Waals surface area contributed by atoms with E-state index in [1.165, 1.54) is 11.2 Å². The highest BCUT2D eigenvalue weighted by Gasteiger charge is 2.35. The molecule has 0 spiro atoms. The molecule has 30 heavy (non-hydrogen) atoms. The van der Waals surface area contributed by atoms with E-state index in [4.69, 9.17) is 11.6 Å². The second-order valence-electron chi connectivity index (χ2n) is 7.70. The standard InChI is InChI=1S/C21H23BrClN3O3S/c1-14-11-16-12-17(22)21(13-20(16)26(14)15(2)27)30(28,29)25-9-7-24(8-10-25)19-6-4-3-5-18(19)23/h3-6,12-14H,7-11H2,1-2H3/t14-/m1/s1. The van der Waals surface area contributed by atoms with Gasteiger partial charge in [0.25, 0.3) is 0 Å². The number of hydrogen-bond acceptors (Lipinski definition) is 4. The van der Waals surface area contributed by atoms with Gasteiger partial charge in [0.1, 0.15) is 0 Å². The van der Waals surface area contributed by atoms with Crippen LogP contribution < -0.4 is 9.80 Å². The van der Waals surface area contributed by atoms with Gasteiger partial charge >= 0.3 is 0 Å². The molecule has 0 saturated carbocycles. The van der Waals surface area contributed by atoms with Crippen LogP contribution in [-0.2, 0) is 21.2 Å². The number of hydrogen-bond donors (Lipinski definition) is 0. The molecule has 2 aromatic rings. The van der Waals surface area contributed by atoms with Crippen LogP contribution in [0.25, 0.3) is 0 Å². The number of carbonyl (C=O) groups excluding carboxylic acids is 1. The fourth-order valence-corrected chi connectivity index (χ4v) is 7.06. The average molecular weight is 513 g/mol. The number of amides is 1. The Kier molecular flexibility index (Phi) is 5.87. The predicted octanol–water partition coefficient (Wildman–Crippen LogP) is 3.91. The van der Waals surface area contributed by atoms with E-state index in [9.17, 15) is 13.2 Å². The highest BCUT2D eigenvalue weighted by Crippen LogP contribution is 2.39. The largest absolute Gasteiger partial charge is 0.368 e. The topological polar surface area (TPSA) is 60.9 Å². The maximum Gasteiger partial charge on any atom is 0.244 e. The second kappa shape index (κ2) is 8.15. The van der Waals surface area contributed by atoms with Crippen LogP contribution in [0.3, 0.4) is 0 Å². The molecule has 2 aliphatic rings. The first-order chi connectivity index (χ1) is 14.2. The number of benzene rings is 2. The molecule has 0 bridgehead atoms. The monoisotopic (exact) mass is 511 g/mol. The molecule has 6 nitrogen and oxygen atoms in total. The zero-order valence-electron chi connectivity index (χ0n) is 16.8. The van der Waals surface area contributed by atoms with Gasteiger partial charge in [-0.25, -0.2) is 8.42 Å². The summed E-state index contributed by atoms with van der Waals surface area (Å²) in [5.41, 5.74) is 2.58. The smallest absolute Gasteiger partial charge is 0.244 e. The highest BCUT2D eigenvalue weighted by atomic mass is 79.9. The van der Waals surface area contributed by atoms with Crippen LogP contribution in [0.2, 0.25) is 5.02 Å². The Hall–Kier alpha value is -1.61. The first-order valence-corrected chi connectivity index (χ1v) is 12.4. The highest BCUT2D eigenvalue weighted by molar-refractivity contribution is 9.10. The minimum Gasteiger partial charge on any atom is -0.368 e. The molecule has 0 radical (unpaired) electrons. The summed E-state index contributed by atoms with van der Waals surface area (Å²) in [7, 11) is -3.71. The van der Waals surface area contributed by atoms with Crippen LogP contribution in [0.1, 0.15) is 19.4 Å². The van der Waals surface area contributed by atoms with Crippen molar-refractivity contribution in [2.45, 2.75) is 31.2 Å². The molecule has 0 unspecified atom stereocenters. The molecule has 4 rings (SSSR count). The number of carbonyl (C=O) groups is 1. The van der Waals surface area contributed by atoms with Gasteiger partial charge in [-0.3, -0.25) is 4.79 Å². The predicted molar refractivity (Wildman–Crippen MR) is 123 cm³/mol. The summed E-state index contributed by atoms with van der Waals surface area (Å²) in [5, 5.41) is 0.661. The van der Waals surface area contributed by atoms with Gasteiger partial charge in [0.05, 0.1) is 15.6 Å². The van der Waals surface area contributed by atoms with Gasteiger partial charge in [0.15, 0.2) is 0 Å². The summed E-state index contributed by atoms with van der Waals surface area (Å²) in [6.07, 6.45) is 0.713. The fourth-order valence-electron chi connectivity index (χ4n) is 4.31. The van der Waals surface area contributed by atoms with E-state index in [0.717, 1.165) is 11.3 Å². The number of nitrogens with zero attached hydrogens (tertiary/aromatic N) is 3. The van der Waals surface area contributed by atoms with E-state index < -0.39 is 10.0 Å². The van der Waals surface area contributed by atoms with E-state index in [1.54, 1.807) is 11.0 Å². The molecule has 2 aromatic carbocycles. The lowest BCUT2D eigenvalue weighted by Crippen LogP contribution is -2.48. The van der Waals surface area contributed by atoms with Gasteiger partial charge in [0, 0.05) is 49.3 Å². The lowest BCUT2D eigenvalue weighted by Gasteiger charge is -2.36. The van der Waals surface area contributed by atoms with Crippen molar-refractivity contribution < 1.29 is 13.2 Å². The van der Waals surface area contributed by atoms with Crippen molar-refractivity contribution >= 4 is 54.8 Å². The maximum absolute atomic E-state index is 13.4. The summed E-state index contributed by atoms with van der Waals surface area (Å²) < 4.78 is 28.9. The molecule has 0 N–H and O–H groups in total. The van der Waals surface area contributed by atoms with Crippen molar-refractivity contribution in [2.75, 3.05) is 36.0 Å². The molecular weight excluding hydrogens is 490 g/mol. The molecular formula is C21H23BrClN3O3S. The van der Waals surface area contributed by atoms with Crippen molar-refractivity contribution in [1.82, 2.24) is 4.31 Å². The summed E-state index contributed by atoms with van der Waals surface area (Å²) in [4.78, 5) is 16.1. The third-order valence-corrected chi connectivity index (χ3v) is 8.91. The van der Waals surface area contributed by atoms with Crippen LogP contribution in [0.4, 0.5) is 11.4 Å². The minimum atomic E-state index is -3.71. The molecule has 0 aliphatic carbocycles. The van der Waals surface area contributed by atoms with E-state index >= 15 is 0 Å². The van der Waals surface area contributed by atoms with E-state index in [0.29, 0.717) is 47.8 Å². The number of fused-ring (bicyclic) bond motifs is 1. The molecule has 1 fully saturated rings. The van der Waals surface area contributed by atoms with E-state index in [2.05, 4.69) is 20.8 Å². The molecule has 2 aliphatic heterocycles. The number of rotatable bonds is 3. The molecule has 1 amide bonds. The van der Waals surface area contributed by atoms with E-state index in [-0.39, 0.29) is 16.8 Å². The van der Waals surface area contributed by atoms with E-state index in [1.807, 2.05) is 37.3 Å². The number of piperazine rings is 1. The van der Waals surface area contributed by atoms with Gasteiger partial charge in [-0.15, -0.1) is 0 Å². The second-order valence-corrected chi connectivity index (χ2v) is 10.9. The first kappa shape index (κ1) is 21.6.